The number of hydrogen-bond acceptors (Lipinski definition) is 6. The molecule has 5 nitrogen and oxygen atoms in total. The van der Waals surface area contributed by atoms with Gasteiger partial charge < -0.3 is 9.47 Å². The van der Waals surface area contributed by atoms with Crippen LogP contribution in [0.2, 0.25) is 0 Å². The van der Waals surface area contributed by atoms with E-state index in [9.17, 15) is 0 Å². The van der Waals surface area contributed by atoms with Crippen molar-refractivity contribution in [3.05, 3.63) is 34.8 Å². The molecule has 0 atom stereocenters. The Bertz CT molecular complexity index is 653. The topological polar surface area (TPSA) is 55.7 Å². The van der Waals surface area contributed by atoms with E-state index in [0.29, 0.717) is 18.3 Å². The molecule has 0 spiro atoms. The highest BCUT2D eigenvalue weighted by Gasteiger charge is 2.05. The molecule has 23 heavy (non-hydrogen) atoms. The summed E-state index contributed by atoms with van der Waals surface area (Å²) in [6.07, 6.45) is 2.75. The number of methoxy groups -OCH3 is 1. The van der Waals surface area contributed by atoms with Gasteiger partial charge in [-0.2, -0.15) is 5.10 Å². The van der Waals surface area contributed by atoms with Crippen LogP contribution in [0.15, 0.2) is 28.7 Å². The Labute approximate surface area is 141 Å². The number of thiazole rings is 1. The predicted octanol–water partition coefficient (Wildman–Crippen LogP) is 4.33. The first kappa shape index (κ1) is 17.3. The van der Waals surface area contributed by atoms with Crippen LogP contribution in [-0.2, 0) is 0 Å². The first-order valence-corrected chi connectivity index (χ1v) is 8.48. The van der Waals surface area contributed by atoms with Gasteiger partial charge in [-0.15, -0.1) is 11.3 Å². The maximum atomic E-state index is 5.78. The van der Waals surface area contributed by atoms with Crippen LogP contribution in [0.25, 0.3) is 0 Å². The highest BCUT2D eigenvalue weighted by molar-refractivity contribution is 7.13. The van der Waals surface area contributed by atoms with Crippen molar-refractivity contribution in [2.75, 3.05) is 19.1 Å². The maximum Gasteiger partial charge on any atom is 0.203 e. The second-order valence-corrected chi connectivity index (χ2v) is 6.46. The van der Waals surface area contributed by atoms with Crippen molar-refractivity contribution in [1.29, 1.82) is 0 Å². The standard InChI is InChI=1S/C17H23N3O2S/c1-12(2)7-8-22-15-6-5-14(9-16(15)21-4)10-18-20-17-19-13(3)11-23-17/h5-6,9-12H,7-8H2,1-4H3,(H,19,20). The number of hydrazone groups is 1. The molecule has 1 N–H and O–H groups in total. The Hall–Kier alpha value is -2.08. The molecule has 2 aromatic rings. The summed E-state index contributed by atoms with van der Waals surface area (Å²) in [6.45, 7) is 6.99. The molecule has 0 saturated carbocycles. The molecule has 0 radical (unpaired) electrons. The lowest BCUT2D eigenvalue weighted by atomic mass is 10.1. The Morgan fingerprint density at radius 3 is 2.83 bits per heavy atom. The smallest absolute Gasteiger partial charge is 0.203 e. The molecular weight excluding hydrogens is 310 g/mol. The van der Waals surface area contributed by atoms with Crippen molar-refractivity contribution in [3.63, 3.8) is 0 Å². The maximum absolute atomic E-state index is 5.78. The number of aryl methyl sites for hydroxylation is 1. The first-order valence-electron chi connectivity index (χ1n) is 7.60. The van der Waals surface area contributed by atoms with Crippen LogP contribution in [0.3, 0.4) is 0 Å². The lowest BCUT2D eigenvalue weighted by molar-refractivity contribution is 0.273. The van der Waals surface area contributed by atoms with E-state index in [1.807, 2.05) is 30.5 Å². The SMILES string of the molecule is COc1cc(C=NNc2nc(C)cs2)ccc1OCCC(C)C. The van der Waals surface area contributed by atoms with Gasteiger partial charge in [0.2, 0.25) is 5.13 Å². The molecular formula is C17H23N3O2S. The molecule has 2 rings (SSSR count). The normalized spacial score (nSPS) is 11.2. The van der Waals surface area contributed by atoms with Crippen molar-refractivity contribution < 1.29 is 9.47 Å². The molecule has 0 amide bonds. The zero-order valence-electron chi connectivity index (χ0n) is 14.0. The van der Waals surface area contributed by atoms with Crippen LogP contribution in [0.5, 0.6) is 11.5 Å². The number of nitrogens with zero attached hydrogens (tertiary/aromatic N) is 2. The highest BCUT2D eigenvalue weighted by Crippen LogP contribution is 2.28. The average molecular weight is 333 g/mol. The molecule has 1 heterocycles. The summed E-state index contributed by atoms with van der Waals surface area (Å²) in [5.41, 5.74) is 4.83. The fourth-order valence-corrected chi connectivity index (χ4v) is 2.49. The third-order valence-electron chi connectivity index (χ3n) is 3.13. The van der Waals surface area contributed by atoms with Crippen molar-refractivity contribution in [2.45, 2.75) is 27.2 Å². The lowest BCUT2D eigenvalue weighted by Gasteiger charge is -2.12. The molecule has 6 heteroatoms. The fraction of sp³-hybridized carbons (Fsp3) is 0.412. The van der Waals surface area contributed by atoms with Crippen LogP contribution in [-0.4, -0.2) is 24.9 Å². The number of hydrogen-bond donors (Lipinski definition) is 1. The van der Waals surface area contributed by atoms with Gasteiger partial charge in [-0.25, -0.2) is 4.98 Å². The van der Waals surface area contributed by atoms with E-state index >= 15 is 0 Å². The summed E-state index contributed by atoms with van der Waals surface area (Å²) < 4.78 is 11.2. The van der Waals surface area contributed by atoms with E-state index in [2.05, 4.69) is 29.4 Å². The number of aromatic nitrogens is 1. The van der Waals surface area contributed by atoms with E-state index in [4.69, 9.17) is 9.47 Å². The highest BCUT2D eigenvalue weighted by atomic mass is 32.1. The third kappa shape index (κ3) is 5.56. The summed E-state index contributed by atoms with van der Waals surface area (Å²) in [7, 11) is 1.64. The van der Waals surface area contributed by atoms with Crippen molar-refractivity contribution in [2.24, 2.45) is 11.0 Å². The van der Waals surface area contributed by atoms with Gasteiger partial charge in [0.25, 0.3) is 0 Å². The number of rotatable bonds is 8. The minimum atomic E-state index is 0.618. The van der Waals surface area contributed by atoms with Gasteiger partial charge in [0.05, 0.1) is 25.6 Å². The molecule has 1 aromatic heterocycles. The number of anilines is 1. The molecule has 1 aromatic carbocycles. The second kappa shape index (κ2) is 8.53. The van der Waals surface area contributed by atoms with Crippen molar-refractivity contribution in [1.82, 2.24) is 4.98 Å². The molecule has 0 bridgehead atoms. The summed E-state index contributed by atoms with van der Waals surface area (Å²) in [5, 5.41) is 6.95. The van der Waals surface area contributed by atoms with Crippen LogP contribution >= 0.6 is 11.3 Å². The zero-order chi connectivity index (χ0) is 16.7. The Morgan fingerprint density at radius 1 is 1.35 bits per heavy atom. The quantitative estimate of drug-likeness (QED) is 0.577. The van der Waals surface area contributed by atoms with Gasteiger partial charge in [-0.3, -0.25) is 5.43 Å². The monoisotopic (exact) mass is 333 g/mol. The number of ether oxygens (including phenoxy) is 2. The van der Waals surface area contributed by atoms with Crippen LogP contribution in [0.1, 0.15) is 31.5 Å². The molecule has 0 unspecified atom stereocenters. The van der Waals surface area contributed by atoms with Crippen LogP contribution in [0.4, 0.5) is 5.13 Å². The molecule has 0 fully saturated rings. The van der Waals surface area contributed by atoms with Crippen molar-refractivity contribution in [3.8, 4) is 11.5 Å². The van der Waals surface area contributed by atoms with Gasteiger partial charge in [0.15, 0.2) is 11.5 Å². The first-order chi connectivity index (χ1) is 11.1. The molecule has 0 aliphatic carbocycles. The Morgan fingerprint density at radius 2 is 2.17 bits per heavy atom. The van der Waals surface area contributed by atoms with Crippen LogP contribution in [0, 0.1) is 12.8 Å². The van der Waals surface area contributed by atoms with E-state index in [-0.39, 0.29) is 0 Å². The van der Waals surface area contributed by atoms with Crippen molar-refractivity contribution >= 4 is 22.7 Å². The van der Waals surface area contributed by atoms with Gasteiger partial charge in [-0.05, 0) is 43.0 Å². The minimum Gasteiger partial charge on any atom is -0.493 e. The fourth-order valence-electron chi connectivity index (χ4n) is 1.86. The van der Waals surface area contributed by atoms with E-state index in [0.717, 1.165) is 28.6 Å². The average Bonchev–Trinajstić information content (AvgIpc) is 2.93. The Balaban J connectivity index is 1.97. The number of benzene rings is 1. The summed E-state index contributed by atoms with van der Waals surface area (Å²) >= 11 is 1.53. The van der Waals surface area contributed by atoms with E-state index in [1.165, 1.54) is 11.3 Å². The predicted molar refractivity (Wildman–Crippen MR) is 96.0 cm³/mol. The molecule has 124 valence electrons. The minimum absolute atomic E-state index is 0.618. The third-order valence-corrected chi connectivity index (χ3v) is 4.00. The molecule has 0 aliphatic heterocycles. The summed E-state index contributed by atoms with van der Waals surface area (Å²) in [4.78, 5) is 4.29. The van der Waals surface area contributed by atoms with Gasteiger partial charge >= 0.3 is 0 Å². The zero-order valence-corrected chi connectivity index (χ0v) is 14.8. The lowest BCUT2D eigenvalue weighted by Crippen LogP contribution is -2.03. The molecule has 0 saturated heterocycles. The van der Waals surface area contributed by atoms with Gasteiger partial charge in [0, 0.05) is 5.38 Å². The van der Waals surface area contributed by atoms with E-state index < -0.39 is 0 Å². The summed E-state index contributed by atoms with van der Waals surface area (Å²) in [6, 6.07) is 5.77. The number of nitrogens with one attached hydrogen (secondary N) is 1. The Kier molecular flexibility index (Phi) is 6.40. The second-order valence-electron chi connectivity index (χ2n) is 5.61. The van der Waals surface area contributed by atoms with E-state index in [1.54, 1.807) is 13.3 Å². The molecule has 0 aliphatic rings. The largest absolute Gasteiger partial charge is 0.493 e. The van der Waals surface area contributed by atoms with Crippen LogP contribution < -0.4 is 14.9 Å². The van der Waals surface area contributed by atoms with Gasteiger partial charge in [0.1, 0.15) is 0 Å². The summed E-state index contributed by atoms with van der Waals surface area (Å²) in [5.74, 6) is 2.09. The van der Waals surface area contributed by atoms with Gasteiger partial charge in [-0.1, -0.05) is 13.8 Å².